The second kappa shape index (κ2) is 11.3. The predicted molar refractivity (Wildman–Crippen MR) is 111 cm³/mol. The molecule has 1 aromatic heterocycles. The van der Waals surface area contributed by atoms with Gasteiger partial charge in [-0.3, -0.25) is 4.79 Å². The number of anilines is 1. The van der Waals surface area contributed by atoms with Crippen molar-refractivity contribution < 1.29 is 27.1 Å². The number of hydrogen-bond donors (Lipinski definition) is 4. The number of pyridine rings is 1. The van der Waals surface area contributed by atoms with Gasteiger partial charge in [-0.2, -0.15) is 0 Å². The number of nitrogens with one attached hydrogen (secondary N) is 2. The summed E-state index contributed by atoms with van der Waals surface area (Å²) in [4.78, 5) is 16.3. The molecule has 170 valence electrons. The molecular weight excluding hydrogens is 438 g/mol. The molecule has 1 aromatic rings. The molecule has 0 bridgehead atoms. The van der Waals surface area contributed by atoms with Gasteiger partial charge in [0.1, 0.15) is 10.7 Å². The lowest BCUT2D eigenvalue weighted by molar-refractivity contribution is -0.118. The van der Waals surface area contributed by atoms with Crippen LogP contribution in [-0.2, 0) is 14.8 Å². The molecule has 12 heteroatoms. The zero-order chi connectivity index (χ0) is 22.3. The van der Waals surface area contributed by atoms with E-state index >= 15 is 0 Å². The van der Waals surface area contributed by atoms with E-state index < -0.39 is 41.0 Å². The fourth-order valence-corrected chi connectivity index (χ4v) is 5.52. The molecule has 1 heterocycles. The van der Waals surface area contributed by atoms with Crippen LogP contribution in [0.25, 0.3) is 0 Å². The van der Waals surface area contributed by atoms with Crippen molar-refractivity contribution in [2.75, 3.05) is 17.6 Å². The Hall–Kier alpha value is -1.34. The van der Waals surface area contributed by atoms with Gasteiger partial charge in [0, 0.05) is 10.6 Å². The van der Waals surface area contributed by atoms with Crippen LogP contribution < -0.4 is 15.8 Å². The molecule has 0 unspecified atom stereocenters. The van der Waals surface area contributed by atoms with Gasteiger partial charge in [0.05, 0.1) is 24.9 Å². The molecule has 1 fully saturated rings. The Kier molecular flexibility index (Phi) is 9.41. The molecule has 0 aliphatic heterocycles. The monoisotopic (exact) mass is 466 g/mol. The van der Waals surface area contributed by atoms with Crippen LogP contribution in [0.2, 0.25) is 0 Å². The maximum absolute atomic E-state index is 12.5. The lowest BCUT2D eigenvalue weighted by Gasteiger charge is -2.26. The van der Waals surface area contributed by atoms with Crippen LogP contribution in [0.15, 0.2) is 22.1 Å². The van der Waals surface area contributed by atoms with Gasteiger partial charge in [-0.05, 0) is 31.7 Å². The number of carbonyl (C=O) groups excluding carboxylic acids is 1. The smallest absolute Gasteiger partial charge is 0.251 e. The normalized spacial score (nSPS) is 17.7. The number of sulfonamides is 1. The maximum atomic E-state index is 12.5. The van der Waals surface area contributed by atoms with Gasteiger partial charge in [-0.25, -0.2) is 26.9 Å². The van der Waals surface area contributed by atoms with Crippen LogP contribution in [0.3, 0.4) is 0 Å². The summed E-state index contributed by atoms with van der Waals surface area (Å²) in [5.74, 6) is -0.0587. The second-order valence-corrected chi connectivity index (χ2v) is 10.1. The molecule has 0 saturated heterocycles. The highest BCUT2D eigenvalue weighted by Gasteiger charge is 2.27. The summed E-state index contributed by atoms with van der Waals surface area (Å²) >= 11 is 1.01. The summed E-state index contributed by atoms with van der Waals surface area (Å²) in [5, 5.41) is 12.1. The number of aliphatic hydroxyl groups is 1. The first kappa shape index (κ1) is 24.9. The van der Waals surface area contributed by atoms with Gasteiger partial charge in [0.15, 0.2) is 0 Å². The summed E-state index contributed by atoms with van der Waals surface area (Å²) in [6, 6.07) is 0.645. The molecule has 1 amide bonds. The van der Waals surface area contributed by atoms with Crippen LogP contribution >= 0.6 is 11.8 Å². The van der Waals surface area contributed by atoms with Crippen molar-refractivity contribution in [2.45, 2.75) is 67.4 Å². The summed E-state index contributed by atoms with van der Waals surface area (Å²) in [7, 11) is -4.24. The Labute approximate surface area is 179 Å². The summed E-state index contributed by atoms with van der Waals surface area (Å²) in [5.41, 5.74) is 6.09. The molecule has 5 N–H and O–H groups in total. The van der Waals surface area contributed by atoms with Crippen molar-refractivity contribution >= 4 is 33.5 Å². The SMILES string of the molecule is C[C@H](O)CSc1cc(NC(=O)[C@@H](N)C2CCCCC2)ncc1S(=O)(=O)NCC(F)F. The molecular formula is C18H28F2N4O4S2. The molecule has 2 atom stereocenters. The summed E-state index contributed by atoms with van der Waals surface area (Å²) in [6.45, 7) is 0.501. The minimum absolute atomic E-state index is 0.0843. The molecule has 30 heavy (non-hydrogen) atoms. The topological polar surface area (TPSA) is 134 Å². The van der Waals surface area contributed by atoms with Gasteiger partial charge >= 0.3 is 0 Å². The molecule has 8 nitrogen and oxygen atoms in total. The third-order valence-electron chi connectivity index (χ3n) is 4.74. The van der Waals surface area contributed by atoms with Crippen LogP contribution in [0.4, 0.5) is 14.6 Å². The van der Waals surface area contributed by atoms with Gasteiger partial charge in [-0.15, -0.1) is 11.8 Å². The second-order valence-electron chi connectivity index (χ2n) is 7.33. The Morgan fingerprint density at radius 1 is 1.37 bits per heavy atom. The van der Waals surface area contributed by atoms with Crippen molar-refractivity contribution in [3.63, 3.8) is 0 Å². The highest BCUT2D eigenvalue weighted by Crippen LogP contribution is 2.30. The lowest BCUT2D eigenvalue weighted by Crippen LogP contribution is -2.42. The molecule has 1 aliphatic rings. The van der Waals surface area contributed by atoms with E-state index in [-0.39, 0.29) is 27.3 Å². The Balaban J connectivity index is 2.20. The van der Waals surface area contributed by atoms with Crippen molar-refractivity contribution in [1.29, 1.82) is 0 Å². The number of aromatic nitrogens is 1. The number of rotatable bonds is 10. The fourth-order valence-electron chi connectivity index (χ4n) is 3.19. The number of nitrogens with two attached hydrogens (primary N) is 1. The van der Waals surface area contributed by atoms with Crippen molar-refractivity contribution in [1.82, 2.24) is 9.71 Å². The summed E-state index contributed by atoms with van der Waals surface area (Å²) in [6.07, 6.45) is 2.37. The Bertz CT molecular complexity index is 818. The van der Waals surface area contributed by atoms with Gasteiger partial charge < -0.3 is 16.2 Å². The first-order chi connectivity index (χ1) is 14.1. The zero-order valence-corrected chi connectivity index (χ0v) is 18.3. The van der Waals surface area contributed by atoms with E-state index in [4.69, 9.17) is 5.73 Å². The molecule has 2 rings (SSSR count). The molecule has 1 saturated carbocycles. The molecule has 1 aliphatic carbocycles. The van der Waals surface area contributed by atoms with Gasteiger partial charge in [-0.1, -0.05) is 19.3 Å². The van der Waals surface area contributed by atoms with E-state index in [2.05, 4.69) is 10.3 Å². The van der Waals surface area contributed by atoms with E-state index in [9.17, 15) is 27.1 Å². The van der Waals surface area contributed by atoms with Gasteiger partial charge in [0.2, 0.25) is 15.9 Å². The zero-order valence-electron chi connectivity index (χ0n) is 16.7. The Morgan fingerprint density at radius 2 is 2.03 bits per heavy atom. The number of thioether (sulfide) groups is 1. The van der Waals surface area contributed by atoms with Gasteiger partial charge in [0.25, 0.3) is 6.43 Å². The number of halogens is 2. The largest absolute Gasteiger partial charge is 0.393 e. The van der Waals surface area contributed by atoms with E-state index in [0.717, 1.165) is 50.1 Å². The van der Waals surface area contributed by atoms with E-state index in [1.54, 1.807) is 0 Å². The minimum Gasteiger partial charge on any atom is -0.393 e. The van der Waals surface area contributed by atoms with Crippen LogP contribution in [0.5, 0.6) is 0 Å². The lowest BCUT2D eigenvalue weighted by atomic mass is 9.84. The molecule has 0 aromatic carbocycles. The molecule has 0 spiro atoms. The van der Waals surface area contributed by atoms with E-state index in [0.29, 0.717) is 0 Å². The minimum atomic E-state index is -4.24. The van der Waals surface area contributed by atoms with Crippen LogP contribution in [0, 0.1) is 5.92 Å². The first-order valence-electron chi connectivity index (χ1n) is 9.75. The predicted octanol–water partition coefficient (Wildman–Crippen LogP) is 1.94. The van der Waals surface area contributed by atoms with Crippen LogP contribution in [-0.4, -0.2) is 55.3 Å². The van der Waals surface area contributed by atoms with Crippen molar-refractivity contribution in [2.24, 2.45) is 11.7 Å². The van der Waals surface area contributed by atoms with Crippen molar-refractivity contribution in [3.8, 4) is 0 Å². The third-order valence-corrected chi connectivity index (χ3v) is 7.62. The average Bonchev–Trinajstić information content (AvgIpc) is 2.70. The highest BCUT2D eigenvalue weighted by atomic mass is 32.2. The number of carbonyl (C=O) groups is 1. The van der Waals surface area contributed by atoms with E-state index in [1.165, 1.54) is 13.0 Å². The number of amides is 1. The standard InChI is InChI=1S/C18H28F2N4O4S2/c1-11(25)10-29-13-7-16(22-8-14(13)30(27,28)23-9-15(19)20)24-18(26)17(21)12-5-3-2-4-6-12/h7-8,11-12,15,17,23,25H,2-6,9-10,21H2,1H3,(H,22,24,26)/t11-,17-/m0/s1. The molecule has 0 radical (unpaired) electrons. The maximum Gasteiger partial charge on any atom is 0.251 e. The Morgan fingerprint density at radius 3 is 2.63 bits per heavy atom. The third kappa shape index (κ3) is 7.41. The number of aliphatic hydroxyl groups excluding tert-OH is 1. The number of hydrogen-bond acceptors (Lipinski definition) is 7. The first-order valence-corrected chi connectivity index (χ1v) is 12.2. The van der Waals surface area contributed by atoms with E-state index in [1.807, 2.05) is 4.72 Å². The number of alkyl halides is 2. The van der Waals surface area contributed by atoms with Crippen molar-refractivity contribution in [3.05, 3.63) is 12.3 Å². The number of nitrogens with zero attached hydrogens (tertiary/aromatic N) is 1. The average molecular weight is 467 g/mol. The quantitative estimate of drug-likeness (QED) is 0.387. The highest BCUT2D eigenvalue weighted by molar-refractivity contribution is 8.00. The summed E-state index contributed by atoms with van der Waals surface area (Å²) < 4.78 is 51.5. The van der Waals surface area contributed by atoms with Crippen LogP contribution in [0.1, 0.15) is 39.0 Å². The fraction of sp³-hybridized carbons (Fsp3) is 0.667.